The van der Waals surface area contributed by atoms with Gasteiger partial charge in [-0.3, -0.25) is 24.9 Å². The van der Waals surface area contributed by atoms with Crippen molar-refractivity contribution in [3.63, 3.8) is 0 Å². The van der Waals surface area contributed by atoms with Gasteiger partial charge < -0.3 is 28.3 Å². The Kier molecular flexibility index (Phi) is 12.4. The van der Waals surface area contributed by atoms with Crippen LogP contribution in [0.5, 0.6) is 0 Å². The number of aromatic nitrogens is 3. The van der Waals surface area contributed by atoms with E-state index < -0.39 is 11.9 Å². The minimum absolute atomic E-state index is 0.0428. The number of nitrogens with zero attached hydrogens (tertiary/aromatic N) is 4. The van der Waals surface area contributed by atoms with E-state index in [1.54, 1.807) is 12.4 Å². The molecular formula is C33H39ClN10O2. The summed E-state index contributed by atoms with van der Waals surface area (Å²) < 4.78 is 0. The van der Waals surface area contributed by atoms with Crippen LogP contribution in [0.15, 0.2) is 78.0 Å². The van der Waals surface area contributed by atoms with E-state index in [2.05, 4.69) is 79.1 Å². The molecule has 46 heavy (non-hydrogen) atoms. The van der Waals surface area contributed by atoms with Crippen molar-refractivity contribution in [1.29, 1.82) is 0 Å². The molecule has 0 unspecified atom stereocenters. The molecule has 2 amide bonds. The van der Waals surface area contributed by atoms with Crippen LogP contribution in [0.25, 0.3) is 11.1 Å². The fourth-order valence-corrected chi connectivity index (χ4v) is 4.82. The molecule has 0 bridgehead atoms. The number of rotatable bonds is 14. The molecule has 4 aromatic rings. The number of unbranched alkanes of at least 4 members (excludes halogenated alkanes) is 1. The third kappa shape index (κ3) is 10.2. The van der Waals surface area contributed by atoms with E-state index in [0.29, 0.717) is 19.5 Å². The van der Waals surface area contributed by atoms with E-state index in [4.69, 9.17) is 34.5 Å². The predicted molar refractivity (Wildman–Crippen MR) is 182 cm³/mol. The lowest BCUT2D eigenvalue weighted by Crippen LogP contribution is -2.42. The number of nitrogens with one attached hydrogen (secondary N) is 2. The monoisotopic (exact) mass is 642 g/mol. The Morgan fingerprint density at radius 2 is 1.41 bits per heavy atom. The summed E-state index contributed by atoms with van der Waals surface area (Å²) in [7, 11) is 0. The molecule has 2 heterocycles. The molecule has 0 saturated carbocycles. The fourth-order valence-electron chi connectivity index (χ4n) is 4.69. The Bertz CT molecular complexity index is 1630. The lowest BCUT2D eigenvalue weighted by molar-refractivity contribution is -0.122. The Balaban J connectivity index is 1.13. The maximum absolute atomic E-state index is 12.3. The molecule has 2 aromatic carbocycles. The van der Waals surface area contributed by atoms with E-state index in [1.807, 2.05) is 12.1 Å². The number of anilines is 2. The number of amides is 2. The van der Waals surface area contributed by atoms with Crippen LogP contribution in [-0.4, -0.2) is 51.9 Å². The number of benzene rings is 2. The highest BCUT2D eigenvalue weighted by Crippen LogP contribution is 2.22. The van der Waals surface area contributed by atoms with Crippen LogP contribution in [0.4, 0.5) is 11.6 Å². The molecule has 1 atom stereocenters. The highest BCUT2D eigenvalue weighted by molar-refractivity contribution is 6.31. The summed E-state index contributed by atoms with van der Waals surface area (Å²) in [6.45, 7) is 1.03. The first-order valence-electron chi connectivity index (χ1n) is 15.0. The lowest BCUT2D eigenvalue weighted by atomic mass is 9.99. The second kappa shape index (κ2) is 16.8. The molecular weight excluding hydrogens is 604 g/mol. The first-order chi connectivity index (χ1) is 22.2. The quantitative estimate of drug-likeness (QED) is 0.0676. The number of pyridine rings is 1. The normalized spacial score (nSPS) is 12.0. The summed E-state index contributed by atoms with van der Waals surface area (Å²) in [5, 5.41) is 5.25. The van der Waals surface area contributed by atoms with Crippen molar-refractivity contribution in [1.82, 2.24) is 25.6 Å². The zero-order chi connectivity index (χ0) is 32.9. The van der Waals surface area contributed by atoms with E-state index in [1.165, 1.54) is 11.1 Å². The van der Waals surface area contributed by atoms with Gasteiger partial charge >= 0.3 is 0 Å². The molecule has 0 aliphatic rings. The Morgan fingerprint density at radius 3 is 2.04 bits per heavy atom. The number of hydrogen-bond donors (Lipinski definition) is 6. The van der Waals surface area contributed by atoms with Gasteiger partial charge in [-0.05, 0) is 78.5 Å². The molecule has 0 fully saturated rings. The molecule has 4 rings (SSSR count). The Hall–Kier alpha value is -5.07. The molecule has 2 aromatic heterocycles. The van der Waals surface area contributed by atoms with Gasteiger partial charge in [0, 0.05) is 25.5 Å². The van der Waals surface area contributed by atoms with Crippen molar-refractivity contribution in [2.45, 2.75) is 44.6 Å². The first-order valence-corrected chi connectivity index (χ1v) is 15.4. The van der Waals surface area contributed by atoms with E-state index >= 15 is 0 Å². The van der Waals surface area contributed by atoms with Crippen molar-refractivity contribution in [2.24, 2.45) is 16.5 Å². The summed E-state index contributed by atoms with van der Waals surface area (Å²) in [4.78, 5) is 40.4. The molecule has 0 aliphatic carbocycles. The van der Waals surface area contributed by atoms with Gasteiger partial charge in [0.25, 0.3) is 5.91 Å². The molecule has 240 valence electrons. The number of guanidine groups is 1. The van der Waals surface area contributed by atoms with Gasteiger partial charge in [0.15, 0.2) is 28.4 Å². The third-order valence-corrected chi connectivity index (χ3v) is 7.52. The topological polar surface area (TPSA) is 213 Å². The second-order valence-electron chi connectivity index (χ2n) is 10.8. The van der Waals surface area contributed by atoms with E-state index in [9.17, 15) is 9.59 Å². The van der Waals surface area contributed by atoms with Crippen LogP contribution in [0, 0.1) is 0 Å². The lowest BCUT2D eigenvalue weighted by Gasteiger charge is -2.12. The highest BCUT2D eigenvalue weighted by Gasteiger charge is 2.17. The first kappa shape index (κ1) is 33.8. The van der Waals surface area contributed by atoms with Crippen molar-refractivity contribution >= 4 is 41.0 Å². The van der Waals surface area contributed by atoms with Gasteiger partial charge in [-0.25, -0.2) is 9.97 Å². The van der Waals surface area contributed by atoms with Crippen LogP contribution < -0.4 is 33.6 Å². The van der Waals surface area contributed by atoms with Crippen LogP contribution in [0.2, 0.25) is 5.15 Å². The van der Waals surface area contributed by atoms with Crippen LogP contribution in [0.3, 0.4) is 0 Å². The summed E-state index contributed by atoms with van der Waals surface area (Å²) in [6.07, 6.45) is 8.16. The molecule has 10 N–H and O–H groups in total. The molecule has 12 nitrogen and oxygen atoms in total. The van der Waals surface area contributed by atoms with Gasteiger partial charge in [-0.15, -0.1) is 0 Å². The second-order valence-corrected chi connectivity index (χ2v) is 11.1. The predicted octanol–water partition coefficient (Wildman–Crippen LogP) is 3.04. The van der Waals surface area contributed by atoms with Crippen LogP contribution in [-0.2, 0) is 24.1 Å². The molecule has 0 saturated heterocycles. The number of nitrogens with two attached hydrogens (primary N) is 4. The van der Waals surface area contributed by atoms with Crippen LogP contribution in [0.1, 0.15) is 46.4 Å². The van der Waals surface area contributed by atoms with Crippen molar-refractivity contribution < 1.29 is 9.59 Å². The fraction of sp³-hybridized carbons (Fsp3) is 0.273. The standard InChI is InChI=1S/C33H39ClN10O2/c34-28-30(37)43-29(36)27(42-28)32(46)44-33(38)41-16-2-1-4-21-6-10-24(11-7-21)25-12-8-22(9-13-25)5-3-17-40-31(45)26(35)20-23-14-18-39-19-15-23/h6-15,18-19,26H,1-5,16-17,20,35H2,(H,40,45)(H4,36,37,43)(H3,38,41,44,46)/t26-/m0/s1. The molecule has 0 spiro atoms. The summed E-state index contributed by atoms with van der Waals surface area (Å²) >= 11 is 5.82. The number of carbonyl (C=O) groups is 2. The zero-order valence-corrected chi connectivity index (χ0v) is 26.2. The van der Waals surface area contributed by atoms with E-state index in [0.717, 1.165) is 48.8 Å². The summed E-state index contributed by atoms with van der Waals surface area (Å²) in [6, 6.07) is 20.2. The largest absolute Gasteiger partial charge is 0.382 e. The number of carbonyl (C=O) groups excluding carboxylic acids is 2. The smallest absolute Gasteiger partial charge is 0.280 e. The minimum atomic E-state index is -0.664. The van der Waals surface area contributed by atoms with Crippen molar-refractivity contribution in [3.05, 3.63) is 101 Å². The minimum Gasteiger partial charge on any atom is -0.382 e. The van der Waals surface area contributed by atoms with Crippen molar-refractivity contribution in [2.75, 3.05) is 24.6 Å². The van der Waals surface area contributed by atoms with Crippen molar-refractivity contribution in [3.8, 4) is 11.1 Å². The van der Waals surface area contributed by atoms with Gasteiger partial charge in [0.2, 0.25) is 5.91 Å². The summed E-state index contributed by atoms with van der Waals surface area (Å²) in [5.41, 5.74) is 28.6. The van der Waals surface area contributed by atoms with Gasteiger partial charge in [0.1, 0.15) is 0 Å². The maximum atomic E-state index is 12.3. The SMILES string of the molecule is NC(=NCCCCc1ccc(-c2ccc(CCCNC(=O)[C@@H](N)Cc3ccncc3)cc2)cc1)NC(=O)c1nc(Cl)c(N)nc1N. The zero-order valence-electron chi connectivity index (χ0n) is 25.5. The van der Waals surface area contributed by atoms with Gasteiger partial charge in [-0.1, -0.05) is 60.1 Å². The summed E-state index contributed by atoms with van der Waals surface area (Å²) in [5.74, 6) is -1.06. The highest BCUT2D eigenvalue weighted by atomic mass is 35.5. The molecule has 0 aliphatic heterocycles. The Labute approximate surface area is 273 Å². The maximum Gasteiger partial charge on any atom is 0.280 e. The van der Waals surface area contributed by atoms with Crippen LogP contribution >= 0.6 is 11.6 Å². The number of nitrogen functional groups attached to an aromatic ring is 2. The number of aryl methyl sites for hydroxylation is 2. The van der Waals surface area contributed by atoms with Gasteiger partial charge in [0.05, 0.1) is 6.04 Å². The van der Waals surface area contributed by atoms with E-state index in [-0.39, 0.29) is 34.3 Å². The number of aliphatic imine (C=N–C) groups is 1. The molecule has 0 radical (unpaired) electrons. The van der Waals surface area contributed by atoms with Gasteiger partial charge in [-0.2, -0.15) is 0 Å². The average Bonchev–Trinajstić information content (AvgIpc) is 3.05. The number of halogens is 1. The number of hydrogen-bond acceptors (Lipinski definition) is 9. The third-order valence-electron chi connectivity index (χ3n) is 7.24. The Morgan fingerprint density at radius 1 is 0.804 bits per heavy atom. The average molecular weight is 643 g/mol. The molecule has 13 heteroatoms.